The first kappa shape index (κ1) is 22.8. The molecule has 6 heteroatoms. The van der Waals surface area contributed by atoms with E-state index in [1.165, 1.54) is 6.42 Å². The summed E-state index contributed by atoms with van der Waals surface area (Å²) in [5.74, 6) is 0. The standard InChI is InChI=1S/C19H28BNO4.C3H8/c1-17(2,3)23-16(22)21-12-11-13-14(9-8-10-15(13)21)20-24-18(4,5)19(6,7)25-20;1-3-2/h8-10H,11-12H2,1-7H3;3H2,1-2H3. The number of nitrogens with zero attached hydrogens (tertiary/aromatic N) is 1. The zero-order chi connectivity index (χ0) is 21.3. The van der Waals surface area contributed by atoms with Gasteiger partial charge in [0.05, 0.1) is 11.2 Å². The lowest BCUT2D eigenvalue weighted by Gasteiger charge is -2.32. The Kier molecular flexibility index (Phi) is 6.56. The van der Waals surface area contributed by atoms with Gasteiger partial charge in [-0.3, -0.25) is 4.90 Å². The highest BCUT2D eigenvalue weighted by Gasteiger charge is 2.52. The number of carbonyl (C=O) groups excluding carboxylic acids is 1. The van der Waals surface area contributed by atoms with E-state index < -0.39 is 12.7 Å². The van der Waals surface area contributed by atoms with Crippen molar-refractivity contribution in [2.24, 2.45) is 0 Å². The molecular weight excluding hydrogens is 353 g/mol. The van der Waals surface area contributed by atoms with E-state index in [1.54, 1.807) is 4.90 Å². The van der Waals surface area contributed by atoms with Gasteiger partial charge in [0.1, 0.15) is 5.60 Å². The molecular formula is C22H36BNO4. The summed E-state index contributed by atoms with van der Waals surface area (Å²) in [6, 6.07) is 5.93. The van der Waals surface area contributed by atoms with Crippen LogP contribution in [0.2, 0.25) is 0 Å². The fourth-order valence-corrected chi connectivity index (χ4v) is 3.16. The van der Waals surface area contributed by atoms with Crippen molar-refractivity contribution in [1.29, 1.82) is 0 Å². The number of benzene rings is 1. The highest BCUT2D eigenvalue weighted by atomic mass is 16.7. The molecule has 0 radical (unpaired) electrons. The molecule has 0 saturated carbocycles. The van der Waals surface area contributed by atoms with Crippen molar-refractivity contribution >= 4 is 24.4 Å². The van der Waals surface area contributed by atoms with E-state index in [0.717, 1.165) is 23.1 Å². The van der Waals surface area contributed by atoms with Crippen molar-refractivity contribution in [1.82, 2.24) is 0 Å². The third-order valence-corrected chi connectivity index (χ3v) is 5.18. The second kappa shape index (κ2) is 8.07. The number of rotatable bonds is 1. The van der Waals surface area contributed by atoms with Crippen molar-refractivity contribution in [3.8, 4) is 0 Å². The normalized spacial score (nSPS) is 19.8. The number of hydrogen-bond acceptors (Lipinski definition) is 4. The van der Waals surface area contributed by atoms with Gasteiger partial charge in [0, 0.05) is 12.2 Å². The molecule has 0 aliphatic carbocycles. The van der Waals surface area contributed by atoms with Crippen LogP contribution in [0.15, 0.2) is 18.2 Å². The summed E-state index contributed by atoms with van der Waals surface area (Å²) in [6.45, 7) is 18.7. The van der Waals surface area contributed by atoms with Crippen molar-refractivity contribution < 1.29 is 18.8 Å². The summed E-state index contributed by atoms with van der Waals surface area (Å²) < 4.78 is 17.9. The molecule has 0 aromatic heterocycles. The molecule has 2 aliphatic rings. The van der Waals surface area contributed by atoms with Gasteiger partial charge in [-0.25, -0.2) is 4.79 Å². The largest absolute Gasteiger partial charge is 0.495 e. The zero-order valence-corrected chi connectivity index (χ0v) is 19.0. The van der Waals surface area contributed by atoms with E-state index in [0.29, 0.717) is 6.54 Å². The number of anilines is 1. The third kappa shape index (κ3) is 4.72. The summed E-state index contributed by atoms with van der Waals surface area (Å²) in [7, 11) is -0.418. The first-order valence-corrected chi connectivity index (χ1v) is 10.3. The van der Waals surface area contributed by atoms with E-state index in [2.05, 4.69) is 13.8 Å². The highest BCUT2D eigenvalue weighted by Crippen LogP contribution is 2.38. The molecule has 0 unspecified atom stereocenters. The van der Waals surface area contributed by atoms with Crippen molar-refractivity contribution in [3.63, 3.8) is 0 Å². The van der Waals surface area contributed by atoms with Crippen molar-refractivity contribution in [3.05, 3.63) is 23.8 Å². The number of hydrogen-bond donors (Lipinski definition) is 0. The lowest BCUT2D eigenvalue weighted by Crippen LogP contribution is -2.41. The summed E-state index contributed by atoms with van der Waals surface area (Å²) in [5.41, 5.74) is 1.71. The monoisotopic (exact) mass is 389 g/mol. The Hall–Kier alpha value is -1.53. The highest BCUT2D eigenvalue weighted by molar-refractivity contribution is 6.63. The molecule has 2 aliphatic heterocycles. The lowest BCUT2D eigenvalue weighted by molar-refractivity contribution is 0.00578. The van der Waals surface area contributed by atoms with Crippen LogP contribution in [0.1, 0.15) is 74.3 Å². The average molecular weight is 389 g/mol. The second-order valence-electron chi connectivity index (χ2n) is 9.52. The maximum atomic E-state index is 12.5. The Bertz CT molecular complexity index is 693. The molecule has 1 aromatic rings. The molecule has 5 nitrogen and oxygen atoms in total. The van der Waals surface area contributed by atoms with Crippen molar-refractivity contribution in [2.45, 2.75) is 92.0 Å². The van der Waals surface area contributed by atoms with Crippen LogP contribution in [0.25, 0.3) is 0 Å². The molecule has 1 fully saturated rings. The van der Waals surface area contributed by atoms with Gasteiger partial charge in [0.15, 0.2) is 0 Å². The van der Waals surface area contributed by atoms with E-state index in [-0.39, 0.29) is 17.3 Å². The number of fused-ring (bicyclic) bond motifs is 1. The zero-order valence-electron chi connectivity index (χ0n) is 19.0. The Morgan fingerprint density at radius 1 is 1.14 bits per heavy atom. The summed E-state index contributed by atoms with van der Waals surface area (Å²) in [5, 5.41) is 0. The average Bonchev–Trinajstić information content (AvgIpc) is 3.05. The van der Waals surface area contributed by atoms with E-state index in [1.807, 2.05) is 66.7 Å². The van der Waals surface area contributed by atoms with E-state index >= 15 is 0 Å². The molecule has 0 bridgehead atoms. The van der Waals surface area contributed by atoms with Crippen LogP contribution < -0.4 is 10.4 Å². The van der Waals surface area contributed by atoms with Gasteiger partial charge in [-0.15, -0.1) is 0 Å². The SMILES string of the molecule is CC(C)(C)OC(=O)N1CCc2c(B3OC(C)(C)C(C)(C)O3)cccc21.CCC. The van der Waals surface area contributed by atoms with Gasteiger partial charge in [-0.2, -0.15) is 0 Å². The quantitative estimate of drug-likeness (QED) is 0.654. The third-order valence-electron chi connectivity index (χ3n) is 5.18. The number of carbonyl (C=O) groups is 1. The lowest BCUT2D eigenvalue weighted by atomic mass is 9.75. The van der Waals surface area contributed by atoms with Crippen LogP contribution in [0, 0.1) is 0 Å². The Balaban J connectivity index is 0.000000878. The van der Waals surface area contributed by atoms with E-state index in [4.69, 9.17) is 14.0 Å². The van der Waals surface area contributed by atoms with Gasteiger partial charge < -0.3 is 14.0 Å². The molecule has 1 amide bonds. The van der Waals surface area contributed by atoms with Gasteiger partial charge in [0.2, 0.25) is 0 Å². The predicted octanol–water partition coefficient (Wildman–Crippen LogP) is 4.70. The molecule has 1 aromatic carbocycles. The Morgan fingerprint density at radius 2 is 1.68 bits per heavy atom. The minimum absolute atomic E-state index is 0.308. The van der Waals surface area contributed by atoms with Crippen LogP contribution in [0.5, 0.6) is 0 Å². The van der Waals surface area contributed by atoms with Crippen LogP contribution >= 0.6 is 0 Å². The molecule has 0 N–H and O–H groups in total. The van der Waals surface area contributed by atoms with Crippen LogP contribution in [0.3, 0.4) is 0 Å². The van der Waals surface area contributed by atoms with Crippen LogP contribution in [0.4, 0.5) is 10.5 Å². The second-order valence-corrected chi connectivity index (χ2v) is 9.52. The molecule has 156 valence electrons. The minimum Gasteiger partial charge on any atom is -0.443 e. The molecule has 0 atom stereocenters. The molecule has 0 spiro atoms. The fraction of sp³-hybridized carbons (Fsp3) is 0.682. The first-order chi connectivity index (χ1) is 12.8. The maximum Gasteiger partial charge on any atom is 0.495 e. The smallest absolute Gasteiger partial charge is 0.443 e. The molecule has 3 rings (SSSR count). The van der Waals surface area contributed by atoms with Crippen LogP contribution in [-0.2, 0) is 20.5 Å². The first-order valence-electron chi connectivity index (χ1n) is 10.3. The Labute approximate surface area is 170 Å². The van der Waals surface area contributed by atoms with Gasteiger partial charge >= 0.3 is 13.2 Å². The van der Waals surface area contributed by atoms with Crippen LogP contribution in [-0.4, -0.2) is 36.6 Å². The van der Waals surface area contributed by atoms with Gasteiger partial charge in [-0.05, 0) is 72.0 Å². The maximum absolute atomic E-state index is 12.5. The predicted molar refractivity (Wildman–Crippen MR) is 115 cm³/mol. The summed E-state index contributed by atoms with van der Waals surface area (Å²) in [6.07, 6.45) is 1.71. The van der Waals surface area contributed by atoms with Gasteiger partial charge in [-0.1, -0.05) is 32.4 Å². The molecule has 28 heavy (non-hydrogen) atoms. The van der Waals surface area contributed by atoms with Gasteiger partial charge in [0.25, 0.3) is 0 Å². The van der Waals surface area contributed by atoms with Crippen molar-refractivity contribution in [2.75, 3.05) is 11.4 Å². The molecule has 2 heterocycles. The molecule has 1 saturated heterocycles. The fourth-order valence-electron chi connectivity index (χ4n) is 3.16. The summed E-state index contributed by atoms with van der Waals surface area (Å²) in [4.78, 5) is 14.2. The minimum atomic E-state index is -0.511. The number of amides is 1. The topological polar surface area (TPSA) is 48.0 Å². The summed E-state index contributed by atoms with van der Waals surface area (Å²) >= 11 is 0. The number of ether oxygens (including phenoxy) is 1. The Morgan fingerprint density at radius 3 is 2.18 bits per heavy atom. The van der Waals surface area contributed by atoms with E-state index in [9.17, 15) is 4.79 Å².